The van der Waals surface area contributed by atoms with Crippen LogP contribution in [0.3, 0.4) is 0 Å². The largest absolute Gasteiger partial charge is 0.342 e. The van der Waals surface area contributed by atoms with Crippen molar-refractivity contribution >= 4 is 17.5 Å². The Morgan fingerprint density at radius 2 is 2.03 bits per heavy atom. The van der Waals surface area contributed by atoms with Gasteiger partial charge in [-0.15, -0.1) is 0 Å². The normalized spacial score (nSPS) is 17.2. The Labute approximate surface area is 181 Å². The van der Waals surface area contributed by atoms with E-state index >= 15 is 0 Å². The van der Waals surface area contributed by atoms with Crippen molar-refractivity contribution in [2.24, 2.45) is 11.8 Å². The van der Waals surface area contributed by atoms with Crippen molar-refractivity contribution in [2.45, 2.75) is 39.0 Å². The molecule has 6 heteroatoms. The third kappa shape index (κ3) is 5.17. The van der Waals surface area contributed by atoms with Crippen LogP contribution in [0.15, 0.2) is 36.4 Å². The van der Waals surface area contributed by atoms with E-state index in [1.165, 1.54) is 6.07 Å². The average molecular weight is 431 g/mol. The second-order valence-electron chi connectivity index (χ2n) is 8.38. The molecule has 0 aliphatic carbocycles. The van der Waals surface area contributed by atoms with Gasteiger partial charge in [-0.1, -0.05) is 31.5 Å². The van der Waals surface area contributed by atoms with E-state index < -0.39 is 11.6 Å². The maximum Gasteiger partial charge on any atom is 0.222 e. The smallest absolute Gasteiger partial charge is 0.222 e. The van der Waals surface area contributed by atoms with Crippen molar-refractivity contribution in [3.8, 4) is 6.07 Å². The highest BCUT2D eigenvalue weighted by Crippen LogP contribution is 2.37. The summed E-state index contributed by atoms with van der Waals surface area (Å²) in [5, 5.41) is 9.50. The number of nitrogens with zero attached hydrogens (tertiary/aromatic N) is 2. The molecule has 3 rings (SSSR count). The Hall–Kier alpha value is -2.45. The standard InChI is InChI=1S/C24H25ClF2N2O/c1-15(2)9-24(30)29-8-7-18(14-29)21(11-19-10-20(26)5-6-23(19)27)16-3-4-17(13-28)22(25)12-16/h3-6,10,12,15,18,21H,7-9,11,14H2,1-2H3/t18-,21?/m0/s1. The number of hydrogen-bond acceptors (Lipinski definition) is 2. The van der Waals surface area contributed by atoms with Gasteiger partial charge in [0.1, 0.15) is 17.7 Å². The minimum absolute atomic E-state index is 0.0905. The Morgan fingerprint density at radius 1 is 1.27 bits per heavy atom. The van der Waals surface area contributed by atoms with Gasteiger partial charge in [0, 0.05) is 19.5 Å². The van der Waals surface area contributed by atoms with Crippen LogP contribution < -0.4 is 0 Å². The molecule has 1 unspecified atom stereocenters. The van der Waals surface area contributed by atoms with Crippen LogP contribution in [0.25, 0.3) is 0 Å². The number of likely N-dealkylation sites (tertiary alicyclic amines) is 1. The van der Waals surface area contributed by atoms with Crippen LogP contribution in [0.2, 0.25) is 5.02 Å². The van der Waals surface area contributed by atoms with Crippen LogP contribution in [0.1, 0.15) is 49.3 Å². The molecule has 0 aromatic heterocycles. The van der Waals surface area contributed by atoms with Gasteiger partial charge in [0.2, 0.25) is 5.91 Å². The topological polar surface area (TPSA) is 44.1 Å². The second kappa shape index (κ2) is 9.57. The van der Waals surface area contributed by atoms with E-state index in [0.29, 0.717) is 42.1 Å². The zero-order chi connectivity index (χ0) is 21.8. The molecule has 3 nitrogen and oxygen atoms in total. The van der Waals surface area contributed by atoms with Gasteiger partial charge in [0.05, 0.1) is 10.6 Å². The third-order valence-corrected chi connectivity index (χ3v) is 6.03. The minimum Gasteiger partial charge on any atom is -0.342 e. The minimum atomic E-state index is -0.483. The lowest BCUT2D eigenvalue weighted by Crippen LogP contribution is -2.30. The Morgan fingerprint density at radius 3 is 2.70 bits per heavy atom. The Kier molecular flexibility index (Phi) is 7.10. The number of nitriles is 1. The predicted molar refractivity (Wildman–Crippen MR) is 113 cm³/mol. The van der Waals surface area contributed by atoms with Gasteiger partial charge in [0.15, 0.2) is 0 Å². The molecule has 2 aromatic carbocycles. The first kappa shape index (κ1) is 22.2. The predicted octanol–water partition coefficient (Wildman–Crippen LogP) is 5.71. The van der Waals surface area contributed by atoms with Gasteiger partial charge in [0.25, 0.3) is 0 Å². The van der Waals surface area contributed by atoms with Gasteiger partial charge in [-0.25, -0.2) is 8.78 Å². The van der Waals surface area contributed by atoms with E-state index in [4.69, 9.17) is 16.9 Å². The number of carbonyl (C=O) groups excluding carboxylic acids is 1. The summed E-state index contributed by atoms with van der Waals surface area (Å²) in [7, 11) is 0. The zero-order valence-electron chi connectivity index (χ0n) is 17.2. The van der Waals surface area contributed by atoms with Crippen molar-refractivity contribution in [3.05, 3.63) is 69.7 Å². The summed E-state index contributed by atoms with van der Waals surface area (Å²) in [5.41, 5.74) is 1.54. The van der Waals surface area contributed by atoms with E-state index in [-0.39, 0.29) is 23.7 Å². The average Bonchev–Trinajstić information content (AvgIpc) is 3.18. The number of hydrogen-bond donors (Lipinski definition) is 0. The lowest BCUT2D eigenvalue weighted by atomic mass is 9.80. The van der Waals surface area contributed by atoms with Crippen molar-refractivity contribution < 1.29 is 13.6 Å². The molecule has 2 atom stereocenters. The molecule has 0 saturated carbocycles. The van der Waals surface area contributed by atoms with Crippen LogP contribution >= 0.6 is 11.6 Å². The van der Waals surface area contributed by atoms with E-state index in [2.05, 4.69) is 0 Å². The molecule has 1 heterocycles. The first-order valence-corrected chi connectivity index (χ1v) is 10.6. The number of halogens is 3. The summed E-state index contributed by atoms with van der Waals surface area (Å²) in [6.07, 6.45) is 1.57. The maximum atomic E-state index is 14.4. The quantitative estimate of drug-likeness (QED) is 0.589. The maximum absolute atomic E-state index is 14.4. The molecule has 1 amide bonds. The van der Waals surface area contributed by atoms with Gasteiger partial charge < -0.3 is 4.90 Å². The van der Waals surface area contributed by atoms with Crippen molar-refractivity contribution in [2.75, 3.05) is 13.1 Å². The Balaban J connectivity index is 1.90. The van der Waals surface area contributed by atoms with Crippen LogP contribution in [-0.2, 0) is 11.2 Å². The number of benzene rings is 2. The molecule has 1 aliphatic heterocycles. The lowest BCUT2D eigenvalue weighted by Gasteiger charge is -2.26. The lowest BCUT2D eigenvalue weighted by molar-refractivity contribution is -0.131. The molecule has 158 valence electrons. The highest BCUT2D eigenvalue weighted by molar-refractivity contribution is 6.31. The highest BCUT2D eigenvalue weighted by atomic mass is 35.5. The zero-order valence-corrected chi connectivity index (χ0v) is 17.9. The summed E-state index contributed by atoms with van der Waals surface area (Å²) in [6, 6.07) is 10.7. The molecule has 0 bridgehead atoms. The van der Waals surface area contributed by atoms with E-state index in [0.717, 1.165) is 24.1 Å². The summed E-state index contributed by atoms with van der Waals surface area (Å²) < 4.78 is 28.1. The van der Waals surface area contributed by atoms with E-state index in [1.807, 2.05) is 30.9 Å². The number of amides is 1. The third-order valence-electron chi connectivity index (χ3n) is 5.72. The van der Waals surface area contributed by atoms with Crippen LogP contribution in [0, 0.1) is 34.8 Å². The van der Waals surface area contributed by atoms with Gasteiger partial charge in [-0.3, -0.25) is 4.79 Å². The SMILES string of the molecule is CC(C)CC(=O)N1CC[C@H](C(Cc2cc(F)ccc2F)c2ccc(C#N)c(Cl)c2)C1. The molecule has 0 N–H and O–H groups in total. The van der Waals surface area contributed by atoms with Gasteiger partial charge >= 0.3 is 0 Å². The van der Waals surface area contributed by atoms with Crippen LogP contribution in [0.5, 0.6) is 0 Å². The molecular weight excluding hydrogens is 406 g/mol. The molecule has 0 radical (unpaired) electrons. The van der Waals surface area contributed by atoms with Crippen molar-refractivity contribution in [1.82, 2.24) is 4.90 Å². The summed E-state index contributed by atoms with van der Waals surface area (Å²) in [4.78, 5) is 14.4. The number of rotatable bonds is 6. The molecule has 1 aliphatic rings. The fraction of sp³-hybridized carbons (Fsp3) is 0.417. The highest BCUT2D eigenvalue weighted by Gasteiger charge is 2.33. The molecular formula is C24H25ClF2N2O. The second-order valence-corrected chi connectivity index (χ2v) is 8.79. The summed E-state index contributed by atoms with van der Waals surface area (Å²) in [5.74, 6) is -0.585. The summed E-state index contributed by atoms with van der Waals surface area (Å²) >= 11 is 6.26. The van der Waals surface area contributed by atoms with Crippen molar-refractivity contribution in [1.29, 1.82) is 5.26 Å². The first-order valence-electron chi connectivity index (χ1n) is 10.2. The molecule has 1 fully saturated rings. The van der Waals surface area contributed by atoms with E-state index in [9.17, 15) is 13.6 Å². The van der Waals surface area contributed by atoms with Crippen LogP contribution in [0.4, 0.5) is 8.78 Å². The molecule has 1 saturated heterocycles. The monoisotopic (exact) mass is 430 g/mol. The fourth-order valence-corrected chi connectivity index (χ4v) is 4.40. The first-order chi connectivity index (χ1) is 14.3. The summed E-state index contributed by atoms with van der Waals surface area (Å²) in [6.45, 7) is 5.26. The fourth-order valence-electron chi connectivity index (χ4n) is 4.17. The van der Waals surface area contributed by atoms with Gasteiger partial charge in [-0.05, 0) is 72.1 Å². The van der Waals surface area contributed by atoms with Crippen LogP contribution in [-0.4, -0.2) is 23.9 Å². The molecule has 30 heavy (non-hydrogen) atoms. The van der Waals surface area contributed by atoms with Gasteiger partial charge in [-0.2, -0.15) is 5.26 Å². The van der Waals surface area contributed by atoms with Crippen molar-refractivity contribution in [3.63, 3.8) is 0 Å². The Bertz CT molecular complexity index is 970. The number of carbonyl (C=O) groups is 1. The molecule has 0 spiro atoms. The molecule has 2 aromatic rings. The van der Waals surface area contributed by atoms with E-state index in [1.54, 1.807) is 12.1 Å².